The van der Waals surface area contributed by atoms with E-state index in [4.69, 9.17) is 4.74 Å². The number of carboxylic acids is 1. The molecule has 2 rings (SSSR count). The summed E-state index contributed by atoms with van der Waals surface area (Å²) in [6.45, 7) is 8.92. The van der Waals surface area contributed by atoms with Crippen molar-refractivity contribution in [1.29, 1.82) is 0 Å². The summed E-state index contributed by atoms with van der Waals surface area (Å²) in [5, 5.41) is 9.54. The molecule has 0 unspecified atom stereocenters. The fourth-order valence-electron chi connectivity index (χ4n) is 3.68. The second kappa shape index (κ2) is 6.83. The number of carbonyl (C=O) groups excluding carboxylic acids is 1. The monoisotopic (exact) mass is 429 g/mol. The highest BCUT2D eigenvalue weighted by Gasteiger charge is 2.56. The number of hydrogen-bond donors (Lipinski definition) is 1. The van der Waals surface area contributed by atoms with Crippen LogP contribution >= 0.6 is 15.9 Å². The zero-order valence-corrected chi connectivity index (χ0v) is 17.3. The molecular weight excluding hydrogens is 405 g/mol. The van der Waals surface area contributed by atoms with Gasteiger partial charge >= 0.3 is 12.1 Å². The van der Waals surface area contributed by atoms with Crippen LogP contribution in [0.2, 0.25) is 0 Å². The number of benzene rings is 1. The lowest BCUT2D eigenvalue weighted by Crippen LogP contribution is -2.55. The summed E-state index contributed by atoms with van der Waals surface area (Å²) < 4.78 is 20.9. The lowest BCUT2D eigenvalue weighted by molar-refractivity contribution is -0.140. The van der Waals surface area contributed by atoms with Gasteiger partial charge in [-0.05, 0) is 59.6 Å². The van der Waals surface area contributed by atoms with Crippen LogP contribution in [0.1, 0.15) is 59.4 Å². The van der Waals surface area contributed by atoms with Crippen molar-refractivity contribution in [2.75, 3.05) is 0 Å². The summed E-state index contributed by atoms with van der Waals surface area (Å²) in [4.78, 5) is 26.1. The number of likely N-dealkylation sites (tertiary alicyclic amines) is 1. The molecule has 1 aromatic rings. The van der Waals surface area contributed by atoms with Gasteiger partial charge < -0.3 is 9.84 Å². The van der Waals surface area contributed by atoms with Crippen LogP contribution in [0.4, 0.5) is 9.18 Å². The quantitative estimate of drug-likeness (QED) is 0.728. The number of nitrogens with zero attached hydrogens (tertiary/aromatic N) is 1. The lowest BCUT2D eigenvalue weighted by Gasteiger charge is -2.44. The fourth-order valence-corrected chi connectivity index (χ4v) is 4.01. The molecule has 0 bridgehead atoms. The summed E-state index contributed by atoms with van der Waals surface area (Å²) >= 11 is 3.22. The Balaban J connectivity index is 2.65. The maximum Gasteiger partial charge on any atom is 0.411 e. The summed E-state index contributed by atoms with van der Waals surface area (Å²) in [6, 6.07) is 4.49. The average molecular weight is 430 g/mol. The molecule has 0 aliphatic carbocycles. The van der Waals surface area contributed by atoms with Crippen molar-refractivity contribution in [1.82, 2.24) is 4.90 Å². The molecule has 144 valence electrons. The highest BCUT2D eigenvalue weighted by Crippen LogP contribution is 2.51. The third kappa shape index (κ3) is 4.03. The predicted molar refractivity (Wildman–Crippen MR) is 99.4 cm³/mol. The second-order valence-corrected chi connectivity index (χ2v) is 9.27. The van der Waals surface area contributed by atoms with E-state index in [1.165, 1.54) is 11.0 Å². The van der Waals surface area contributed by atoms with Crippen LogP contribution in [0.25, 0.3) is 0 Å². The van der Waals surface area contributed by atoms with Crippen LogP contribution in [0.3, 0.4) is 0 Å². The Kier molecular flexibility index (Phi) is 5.43. The summed E-state index contributed by atoms with van der Waals surface area (Å²) in [6.07, 6.45) is -0.156. The minimum atomic E-state index is -1.30. The number of amides is 1. The van der Waals surface area contributed by atoms with Crippen LogP contribution in [-0.4, -0.2) is 33.2 Å². The molecular formula is C19H25BrFNO4. The molecule has 7 heteroatoms. The van der Waals surface area contributed by atoms with Crippen LogP contribution in [0, 0.1) is 5.82 Å². The van der Waals surface area contributed by atoms with Gasteiger partial charge in [0.25, 0.3) is 0 Å². The van der Waals surface area contributed by atoms with Crippen LogP contribution in [-0.2, 0) is 15.1 Å². The van der Waals surface area contributed by atoms with Crippen molar-refractivity contribution >= 4 is 28.0 Å². The molecule has 1 heterocycles. The van der Waals surface area contributed by atoms with E-state index in [0.717, 1.165) is 0 Å². The van der Waals surface area contributed by atoms with E-state index >= 15 is 0 Å². The van der Waals surface area contributed by atoms with Crippen LogP contribution in [0.15, 0.2) is 22.7 Å². The average Bonchev–Trinajstić information content (AvgIpc) is 2.67. The van der Waals surface area contributed by atoms with E-state index in [9.17, 15) is 19.1 Å². The normalized spacial score (nSPS) is 22.3. The van der Waals surface area contributed by atoms with Crippen molar-refractivity contribution in [3.8, 4) is 0 Å². The number of rotatable bonds is 3. The lowest BCUT2D eigenvalue weighted by atomic mass is 9.83. The van der Waals surface area contributed by atoms with Gasteiger partial charge in [0.1, 0.15) is 11.4 Å². The molecule has 0 saturated carbocycles. The molecule has 26 heavy (non-hydrogen) atoms. The van der Waals surface area contributed by atoms with Gasteiger partial charge in [-0.3, -0.25) is 9.69 Å². The molecule has 0 spiro atoms. The number of ether oxygens (including phenoxy) is 1. The van der Waals surface area contributed by atoms with Gasteiger partial charge in [0, 0.05) is 15.6 Å². The number of carboxylic acid groups (broad SMARTS) is 1. The van der Waals surface area contributed by atoms with Gasteiger partial charge in [-0.1, -0.05) is 22.0 Å². The zero-order chi connectivity index (χ0) is 19.9. The summed E-state index contributed by atoms with van der Waals surface area (Å²) in [5.74, 6) is -1.65. The Labute approximate surface area is 161 Å². The number of aliphatic carboxylic acids is 1. The zero-order valence-electron chi connectivity index (χ0n) is 15.7. The first-order chi connectivity index (χ1) is 11.8. The molecule has 1 aliphatic rings. The van der Waals surface area contributed by atoms with Crippen molar-refractivity contribution in [2.24, 2.45) is 0 Å². The van der Waals surface area contributed by atoms with Gasteiger partial charge in [-0.15, -0.1) is 0 Å². The fraction of sp³-hybridized carbons (Fsp3) is 0.579. The van der Waals surface area contributed by atoms with Gasteiger partial charge in [0.15, 0.2) is 0 Å². The number of hydrogen-bond acceptors (Lipinski definition) is 3. The molecule has 1 aromatic carbocycles. The number of carbonyl (C=O) groups is 2. The van der Waals surface area contributed by atoms with Crippen molar-refractivity contribution in [3.05, 3.63) is 34.1 Å². The van der Waals surface area contributed by atoms with E-state index in [2.05, 4.69) is 15.9 Å². The first kappa shape index (κ1) is 20.7. The van der Waals surface area contributed by atoms with E-state index in [1.54, 1.807) is 32.9 Å². The second-order valence-electron chi connectivity index (χ2n) is 8.35. The van der Waals surface area contributed by atoms with Crippen molar-refractivity contribution < 1.29 is 23.8 Å². The first-order valence-electron chi connectivity index (χ1n) is 8.49. The Morgan fingerprint density at radius 3 is 2.42 bits per heavy atom. The Bertz CT molecular complexity index is 729. The molecule has 5 nitrogen and oxygen atoms in total. The molecule has 0 aromatic heterocycles. The maximum atomic E-state index is 14.8. The van der Waals surface area contributed by atoms with Crippen LogP contribution < -0.4 is 0 Å². The molecule has 1 N–H and O–H groups in total. The SMILES string of the molecule is CC(C)(C)OC(=O)N1C(C)(C)CC[C@@]1(CC(=O)O)c1ccc(Br)cc1F. The van der Waals surface area contributed by atoms with E-state index in [1.807, 2.05) is 13.8 Å². The number of halogens is 2. The first-order valence-corrected chi connectivity index (χ1v) is 9.28. The minimum absolute atomic E-state index is 0.194. The highest BCUT2D eigenvalue weighted by atomic mass is 79.9. The third-order valence-electron chi connectivity index (χ3n) is 4.64. The van der Waals surface area contributed by atoms with E-state index in [-0.39, 0.29) is 5.56 Å². The van der Waals surface area contributed by atoms with Crippen LogP contribution in [0.5, 0.6) is 0 Å². The highest BCUT2D eigenvalue weighted by molar-refractivity contribution is 9.10. The molecule has 1 aliphatic heterocycles. The predicted octanol–water partition coefficient (Wildman–Crippen LogP) is 5.07. The molecule has 0 radical (unpaired) electrons. The Morgan fingerprint density at radius 2 is 1.92 bits per heavy atom. The standard InChI is InChI=1S/C19H25BrFNO4/c1-17(2,3)26-16(25)22-18(4,5)8-9-19(22,11-15(23)24)13-7-6-12(20)10-14(13)21/h6-7,10H,8-9,11H2,1-5H3,(H,23,24)/t19-/m1/s1. The topological polar surface area (TPSA) is 66.8 Å². The van der Waals surface area contributed by atoms with E-state index in [0.29, 0.717) is 17.3 Å². The minimum Gasteiger partial charge on any atom is -0.481 e. The third-order valence-corrected chi connectivity index (χ3v) is 5.13. The summed E-state index contributed by atoms with van der Waals surface area (Å²) in [5.41, 5.74) is -2.53. The molecule has 1 atom stereocenters. The molecule has 1 fully saturated rings. The summed E-state index contributed by atoms with van der Waals surface area (Å²) in [7, 11) is 0. The molecule has 1 amide bonds. The van der Waals surface area contributed by atoms with Gasteiger partial charge in [-0.25, -0.2) is 9.18 Å². The largest absolute Gasteiger partial charge is 0.481 e. The van der Waals surface area contributed by atoms with E-state index < -0.39 is 41.0 Å². The maximum absolute atomic E-state index is 14.8. The van der Waals surface area contributed by atoms with Gasteiger partial charge in [-0.2, -0.15) is 0 Å². The van der Waals surface area contributed by atoms with Crippen molar-refractivity contribution in [3.63, 3.8) is 0 Å². The Hall–Kier alpha value is -1.63. The van der Waals surface area contributed by atoms with Gasteiger partial charge in [0.2, 0.25) is 0 Å². The van der Waals surface area contributed by atoms with Crippen molar-refractivity contribution in [2.45, 2.75) is 70.6 Å². The van der Waals surface area contributed by atoms with Gasteiger partial charge in [0.05, 0.1) is 12.0 Å². The smallest absolute Gasteiger partial charge is 0.411 e. The Morgan fingerprint density at radius 1 is 1.31 bits per heavy atom. The molecule has 1 saturated heterocycles.